The van der Waals surface area contributed by atoms with Gasteiger partial charge in [0.1, 0.15) is 5.82 Å². The van der Waals surface area contributed by atoms with Crippen molar-refractivity contribution in [3.63, 3.8) is 0 Å². The van der Waals surface area contributed by atoms with Crippen LogP contribution in [-0.2, 0) is 11.3 Å². The SMILES string of the molecule is CCN(Cc1ccc(C#N)cc1F)C(=O)C(C)Br. The molecule has 5 heteroatoms. The monoisotopic (exact) mass is 312 g/mol. The Morgan fingerprint density at radius 1 is 1.61 bits per heavy atom. The smallest absolute Gasteiger partial charge is 0.236 e. The van der Waals surface area contributed by atoms with E-state index in [1.165, 1.54) is 6.07 Å². The minimum absolute atomic E-state index is 0.0822. The van der Waals surface area contributed by atoms with Crippen LogP contribution in [0.2, 0.25) is 0 Å². The summed E-state index contributed by atoms with van der Waals surface area (Å²) in [7, 11) is 0. The van der Waals surface area contributed by atoms with Crippen LogP contribution >= 0.6 is 15.9 Å². The van der Waals surface area contributed by atoms with Gasteiger partial charge in [-0.2, -0.15) is 5.26 Å². The van der Waals surface area contributed by atoms with Crippen LogP contribution in [0.4, 0.5) is 4.39 Å². The van der Waals surface area contributed by atoms with Crippen LogP contribution in [0.1, 0.15) is 25.0 Å². The molecule has 0 heterocycles. The molecular formula is C13H14BrFN2O. The maximum absolute atomic E-state index is 13.7. The molecule has 1 atom stereocenters. The van der Waals surface area contributed by atoms with E-state index >= 15 is 0 Å². The molecule has 1 rings (SSSR count). The Morgan fingerprint density at radius 2 is 2.28 bits per heavy atom. The zero-order chi connectivity index (χ0) is 13.7. The van der Waals surface area contributed by atoms with Crippen molar-refractivity contribution in [3.05, 3.63) is 35.1 Å². The van der Waals surface area contributed by atoms with Crippen LogP contribution in [0.15, 0.2) is 18.2 Å². The normalized spacial score (nSPS) is 11.7. The fourth-order valence-electron chi connectivity index (χ4n) is 1.55. The fraction of sp³-hybridized carbons (Fsp3) is 0.385. The number of halogens is 2. The molecule has 0 bridgehead atoms. The molecule has 0 aromatic heterocycles. The second kappa shape index (κ2) is 6.50. The lowest BCUT2D eigenvalue weighted by Crippen LogP contribution is -2.35. The van der Waals surface area contributed by atoms with Crippen molar-refractivity contribution >= 4 is 21.8 Å². The zero-order valence-electron chi connectivity index (χ0n) is 10.3. The summed E-state index contributed by atoms with van der Waals surface area (Å²) < 4.78 is 13.7. The molecule has 0 saturated heterocycles. The number of benzene rings is 1. The molecule has 0 spiro atoms. The fourth-order valence-corrected chi connectivity index (χ4v) is 1.84. The molecule has 0 fully saturated rings. The van der Waals surface area contributed by atoms with E-state index in [9.17, 15) is 9.18 Å². The summed E-state index contributed by atoms with van der Waals surface area (Å²) in [5, 5.41) is 8.65. The lowest BCUT2D eigenvalue weighted by molar-refractivity contribution is -0.130. The molecule has 1 unspecified atom stereocenters. The number of nitrogens with zero attached hydrogens (tertiary/aromatic N) is 2. The first-order valence-corrected chi connectivity index (χ1v) is 6.52. The van der Waals surface area contributed by atoms with Crippen LogP contribution < -0.4 is 0 Å². The highest BCUT2D eigenvalue weighted by atomic mass is 79.9. The number of rotatable bonds is 4. The highest BCUT2D eigenvalue weighted by molar-refractivity contribution is 9.10. The molecule has 0 aliphatic heterocycles. The Morgan fingerprint density at radius 3 is 2.72 bits per heavy atom. The van der Waals surface area contributed by atoms with Crippen LogP contribution in [0.5, 0.6) is 0 Å². The van der Waals surface area contributed by atoms with E-state index in [1.807, 2.05) is 13.0 Å². The lowest BCUT2D eigenvalue weighted by Gasteiger charge is -2.22. The summed E-state index contributed by atoms with van der Waals surface area (Å²) in [6.45, 7) is 4.30. The molecule has 3 nitrogen and oxygen atoms in total. The zero-order valence-corrected chi connectivity index (χ0v) is 11.9. The first-order valence-electron chi connectivity index (χ1n) is 5.61. The maximum atomic E-state index is 13.7. The van der Waals surface area contributed by atoms with Gasteiger partial charge in [-0.25, -0.2) is 4.39 Å². The lowest BCUT2D eigenvalue weighted by atomic mass is 10.1. The predicted octanol–water partition coefficient (Wildman–Crippen LogP) is 2.83. The molecule has 0 saturated carbocycles. The van der Waals surface area contributed by atoms with Crippen molar-refractivity contribution in [2.75, 3.05) is 6.54 Å². The highest BCUT2D eigenvalue weighted by Crippen LogP contribution is 2.14. The van der Waals surface area contributed by atoms with Gasteiger partial charge in [0.05, 0.1) is 16.5 Å². The van der Waals surface area contributed by atoms with E-state index in [-0.39, 0.29) is 22.8 Å². The molecular weight excluding hydrogens is 299 g/mol. The van der Waals surface area contributed by atoms with Gasteiger partial charge in [0.2, 0.25) is 5.91 Å². The van der Waals surface area contributed by atoms with E-state index in [2.05, 4.69) is 15.9 Å². The van der Waals surface area contributed by atoms with E-state index < -0.39 is 5.82 Å². The number of carbonyl (C=O) groups is 1. The quantitative estimate of drug-likeness (QED) is 0.802. The molecule has 1 aromatic rings. The molecule has 96 valence electrons. The van der Waals surface area contributed by atoms with Gasteiger partial charge < -0.3 is 4.90 Å². The van der Waals surface area contributed by atoms with Gasteiger partial charge >= 0.3 is 0 Å². The standard InChI is InChI=1S/C13H14BrFN2O/c1-3-17(13(18)9(2)14)8-11-5-4-10(7-16)6-12(11)15/h4-6,9H,3,8H2,1-2H3. The van der Waals surface area contributed by atoms with Gasteiger partial charge in [-0.05, 0) is 26.0 Å². The molecule has 0 N–H and O–H groups in total. The van der Waals surface area contributed by atoms with Crippen molar-refractivity contribution in [1.29, 1.82) is 5.26 Å². The average Bonchev–Trinajstić information content (AvgIpc) is 2.36. The van der Waals surface area contributed by atoms with Gasteiger partial charge in [-0.15, -0.1) is 0 Å². The first kappa shape index (κ1) is 14.7. The van der Waals surface area contributed by atoms with Gasteiger partial charge in [0.15, 0.2) is 0 Å². The number of hydrogen-bond acceptors (Lipinski definition) is 2. The van der Waals surface area contributed by atoms with Crippen molar-refractivity contribution in [3.8, 4) is 6.07 Å². The summed E-state index contributed by atoms with van der Waals surface area (Å²) in [5.41, 5.74) is 0.692. The summed E-state index contributed by atoms with van der Waals surface area (Å²) in [4.78, 5) is 13.1. The first-order chi connectivity index (χ1) is 8.49. The summed E-state index contributed by atoms with van der Waals surface area (Å²) >= 11 is 3.21. The molecule has 1 aromatic carbocycles. The van der Waals surface area contributed by atoms with Gasteiger partial charge in [-0.3, -0.25) is 4.79 Å². The number of carbonyl (C=O) groups excluding carboxylic acids is 1. The van der Waals surface area contributed by atoms with Gasteiger partial charge in [0.25, 0.3) is 0 Å². The van der Waals surface area contributed by atoms with Gasteiger partial charge in [-0.1, -0.05) is 22.0 Å². The second-order valence-corrected chi connectivity index (χ2v) is 5.26. The van der Waals surface area contributed by atoms with Crippen molar-refractivity contribution in [1.82, 2.24) is 4.90 Å². The highest BCUT2D eigenvalue weighted by Gasteiger charge is 2.18. The van der Waals surface area contributed by atoms with Crippen LogP contribution in [-0.4, -0.2) is 22.2 Å². The predicted molar refractivity (Wildman–Crippen MR) is 70.6 cm³/mol. The third kappa shape index (κ3) is 3.54. The average molecular weight is 313 g/mol. The minimum atomic E-state index is -0.456. The summed E-state index contributed by atoms with van der Waals surface area (Å²) in [6.07, 6.45) is 0. The Hall–Kier alpha value is -1.41. The maximum Gasteiger partial charge on any atom is 0.236 e. The number of hydrogen-bond donors (Lipinski definition) is 0. The van der Waals surface area contributed by atoms with Crippen LogP contribution in [0.3, 0.4) is 0 Å². The number of alkyl halides is 1. The van der Waals surface area contributed by atoms with Crippen molar-refractivity contribution in [2.24, 2.45) is 0 Å². The van der Waals surface area contributed by atoms with E-state index in [0.717, 1.165) is 0 Å². The summed E-state index contributed by atoms with van der Waals surface area (Å²) in [6, 6.07) is 6.16. The molecule has 0 aliphatic rings. The van der Waals surface area contributed by atoms with E-state index in [1.54, 1.807) is 24.0 Å². The summed E-state index contributed by atoms with van der Waals surface area (Å²) in [5.74, 6) is -0.538. The second-order valence-electron chi connectivity index (χ2n) is 3.89. The Kier molecular flexibility index (Phi) is 5.29. The molecule has 0 radical (unpaired) electrons. The third-order valence-electron chi connectivity index (χ3n) is 2.58. The Labute approximate surface area is 114 Å². The minimum Gasteiger partial charge on any atom is -0.338 e. The topological polar surface area (TPSA) is 44.1 Å². The molecule has 1 amide bonds. The van der Waals surface area contributed by atoms with Crippen LogP contribution in [0, 0.1) is 17.1 Å². The van der Waals surface area contributed by atoms with Crippen LogP contribution in [0.25, 0.3) is 0 Å². The molecule has 0 aliphatic carbocycles. The molecule has 18 heavy (non-hydrogen) atoms. The number of amides is 1. The van der Waals surface area contributed by atoms with Crippen molar-refractivity contribution < 1.29 is 9.18 Å². The largest absolute Gasteiger partial charge is 0.338 e. The van der Waals surface area contributed by atoms with E-state index in [4.69, 9.17) is 5.26 Å². The Balaban J connectivity index is 2.89. The van der Waals surface area contributed by atoms with E-state index in [0.29, 0.717) is 12.1 Å². The number of nitriles is 1. The Bertz CT molecular complexity index is 482. The third-order valence-corrected chi connectivity index (χ3v) is 2.97. The van der Waals surface area contributed by atoms with Crippen molar-refractivity contribution in [2.45, 2.75) is 25.2 Å². The van der Waals surface area contributed by atoms with Gasteiger partial charge in [0, 0.05) is 18.7 Å².